The fourth-order valence-corrected chi connectivity index (χ4v) is 2.93. The molecule has 1 amide bonds. The summed E-state index contributed by atoms with van der Waals surface area (Å²) in [5, 5.41) is 3.06. The molecule has 1 aromatic rings. The van der Waals surface area contributed by atoms with E-state index in [4.69, 9.17) is 0 Å². The van der Waals surface area contributed by atoms with E-state index < -0.39 is 0 Å². The first-order chi connectivity index (χ1) is 9.27. The van der Waals surface area contributed by atoms with Gasteiger partial charge in [0.15, 0.2) is 0 Å². The highest BCUT2D eigenvalue weighted by atomic mass is 35.5. The Labute approximate surface area is 128 Å². The van der Waals surface area contributed by atoms with E-state index in [0.29, 0.717) is 12.5 Å². The Kier molecular flexibility index (Phi) is 7.03. The fourth-order valence-electron chi connectivity index (χ4n) is 2.93. The normalized spacial score (nSPS) is 16.4. The topological polar surface area (TPSA) is 32.3 Å². The van der Waals surface area contributed by atoms with Crippen LogP contribution in [0.1, 0.15) is 43.4 Å². The Morgan fingerprint density at radius 1 is 1.40 bits per heavy atom. The molecule has 4 heteroatoms. The van der Waals surface area contributed by atoms with Gasteiger partial charge in [-0.2, -0.15) is 0 Å². The van der Waals surface area contributed by atoms with Crippen molar-refractivity contribution < 1.29 is 4.79 Å². The van der Waals surface area contributed by atoms with Gasteiger partial charge in [-0.1, -0.05) is 31.2 Å². The highest BCUT2D eigenvalue weighted by Gasteiger charge is 2.29. The second-order valence-electron chi connectivity index (χ2n) is 5.19. The zero-order valence-corrected chi connectivity index (χ0v) is 13.2. The van der Waals surface area contributed by atoms with Gasteiger partial charge >= 0.3 is 0 Å². The van der Waals surface area contributed by atoms with Crippen molar-refractivity contribution in [2.75, 3.05) is 20.1 Å². The molecule has 1 aromatic carbocycles. The summed E-state index contributed by atoms with van der Waals surface area (Å²) in [6.07, 6.45) is 3.78. The molecular formula is C16H25ClN2O. The maximum absolute atomic E-state index is 12.4. The third-order valence-corrected chi connectivity index (χ3v) is 3.85. The molecule has 0 spiro atoms. The van der Waals surface area contributed by atoms with Crippen molar-refractivity contribution >= 4 is 18.3 Å². The van der Waals surface area contributed by atoms with Gasteiger partial charge in [-0.25, -0.2) is 0 Å². The summed E-state index contributed by atoms with van der Waals surface area (Å²) in [6.45, 7) is 3.76. The molecule has 1 N–H and O–H groups in total. The molecule has 2 rings (SSSR count). The first kappa shape index (κ1) is 17.0. The van der Waals surface area contributed by atoms with Gasteiger partial charge in [-0.3, -0.25) is 4.79 Å². The van der Waals surface area contributed by atoms with E-state index in [1.54, 1.807) is 0 Å². The van der Waals surface area contributed by atoms with Crippen molar-refractivity contribution in [2.45, 2.75) is 38.6 Å². The Balaban J connectivity index is 0.00000200. The van der Waals surface area contributed by atoms with Crippen LogP contribution in [-0.4, -0.2) is 30.9 Å². The Morgan fingerprint density at radius 3 is 2.85 bits per heavy atom. The number of hydrogen-bond donors (Lipinski definition) is 1. The number of benzene rings is 1. The van der Waals surface area contributed by atoms with Crippen molar-refractivity contribution in [1.82, 2.24) is 10.2 Å². The number of carbonyl (C=O) groups is 1. The fraction of sp³-hybridized carbons (Fsp3) is 0.562. The monoisotopic (exact) mass is 296 g/mol. The van der Waals surface area contributed by atoms with Crippen LogP contribution in [0, 0.1) is 0 Å². The lowest BCUT2D eigenvalue weighted by atomic mass is 10.1. The lowest BCUT2D eigenvalue weighted by Gasteiger charge is -2.29. The molecule has 1 aliphatic carbocycles. The minimum atomic E-state index is 0. The maximum atomic E-state index is 12.4. The van der Waals surface area contributed by atoms with Gasteiger partial charge in [0.25, 0.3) is 0 Å². The average Bonchev–Trinajstić information content (AvgIpc) is 2.86. The Morgan fingerprint density at radius 2 is 2.15 bits per heavy atom. The van der Waals surface area contributed by atoms with Crippen LogP contribution in [0.4, 0.5) is 0 Å². The lowest BCUT2D eigenvalue weighted by Crippen LogP contribution is -2.36. The second-order valence-corrected chi connectivity index (χ2v) is 5.19. The van der Waals surface area contributed by atoms with E-state index in [1.807, 2.05) is 7.05 Å². The van der Waals surface area contributed by atoms with Gasteiger partial charge in [0.1, 0.15) is 0 Å². The molecule has 0 aromatic heterocycles. The molecule has 0 fully saturated rings. The van der Waals surface area contributed by atoms with E-state index in [9.17, 15) is 4.79 Å². The number of nitrogens with zero attached hydrogens (tertiary/aromatic N) is 1. The van der Waals surface area contributed by atoms with E-state index >= 15 is 0 Å². The summed E-state index contributed by atoms with van der Waals surface area (Å²) in [7, 11) is 1.89. The summed E-state index contributed by atoms with van der Waals surface area (Å²) >= 11 is 0. The van der Waals surface area contributed by atoms with Gasteiger partial charge in [0.2, 0.25) is 5.91 Å². The molecule has 0 radical (unpaired) electrons. The first-order valence-electron chi connectivity index (χ1n) is 7.29. The van der Waals surface area contributed by atoms with Crippen molar-refractivity contribution in [3.63, 3.8) is 0 Å². The van der Waals surface area contributed by atoms with Gasteiger partial charge in [0, 0.05) is 19.5 Å². The lowest BCUT2D eigenvalue weighted by molar-refractivity contribution is -0.133. The molecule has 112 valence electrons. The van der Waals surface area contributed by atoms with Crippen molar-refractivity contribution in [3.05, 3.63) is 35.4 Å². The summed E-state index contributed by atoms with van der Waals surface area (Å²) in [5.41, 5.74) is 2.77. The minimum Gasteiger partial charge on any atom is -0.336 e. The smallest absolute Gasteiger partial charge is 0.224 e. The van der Waals surface area contributed by atoms with Crippen LogP contribution in [0.2, 0.25) is 0 Å². The second kappa shape index (κ2) is 8.28. The summed E-state index contributed by atoms with van der Waals surface area (Å²) < 4.78 is 0. The number of fused-ring (bicyclic) bond motifs is 1. The first-order valence-corrected chi connectivity index (χ1v) is 7.29. The Hall–Kier alpha value is -1.06. The summed E-state index contributed by atoms with van der Waals surface area (Å²) in [5.74, 6) is 0.276. The molecule has 3 nitrogen and oxygen atoms in total. The van der Waals surface area contributed by atoms with Crippen LogP contribution in [-0.2, 0) is 11.2 Å². The van der Waals surface area contributed by atoms with Gasteiger partial charge < -0.3 is 10.2 Å². The summed E-state index contributed by atoms with van der Waals surface area (Å²) in [4.78, 5) is 14.5. The third kappa shape index (κ3) is 3.74. The largest absolute Gasteiger partial charge is 0.336 e. The van der Waals surface area contributed by atoms with E-state index in [0.717, 1.165) is 32.4 Å². The zero-order chi connectivity index (χ0) is 13.7. The van der Waals surface area contributed by atoms with Crippen LogP contribution in [0.15, 0.2) is 24.3 Å². The third-order valence-electron chi connectivity index (χ3n) is 3.85. The highest BCUT2D eigenvalue weighted by Crippen LogP contribution is 2.35. The molecule has 0 saturated carbocycles. The SMILES string of the molecule is CCCN(C(=O)CCNC)C1CCc2ccccc21.Cl. The van der Waals surface area contributed by atoms with Gasteiger partial charge in [-0.05, 0) is 37.4 Å². The molecule has 1 aliphatic rings. The Bertz CT molecular complexity index is 436. The maximum Gasteiger partial charge on any atom is 0.224 e. The number of nitrogens with one attached hydrogen (secondary N) is 1. The molecule has 1 unspecified atom stereocenters. The minimum absolute atomic E-state index is 0. The van der Waals surface area contributed by atoms with Crippen molar-refractivity contribution in [3.8, 4) is 0 Å². The predicted molar refractivity (Wildman–Crippen MR) is 85.3 cm³/mol. The van der Waals surface area contributed by atoms with E-state index in [-0.39, 0.29) is 18.3 Å². The van der Waals surface area contributed by atoms with E-state index in [1.165, 1.54) is 11.1 Å². The van der Waals surface area contributed by atoms with Crippen LogP contribution < -0.4 is 5.32 Å². The number of aryl methyl sites for hydroxylation is 1. The number of carbonyl (C=O) groups excluding carboxylic acids is 1. The summed E-state index contributed by atoms with van der Waals surface area (Å²) in [6, 6.07) is 8.84. The van der Waals surface area contributed by atoms with Crippen molar-refractivity contribution in [1.29, 1.82) is 0 Å². The molecule has 0 saturated heterocycles. The standard InChI is InChI=1S/C16H24N2O.ClH/c1-3-12-18(16(19)10-11-17-2)15-9-8-13-6-4-5-7-14(13)15;/h4-7,15,17H,3,8-12H2,1-2H3;1H. The number of amides is 1. The van der Waals surface area contributed by atoms with Gasteiger partial charge in [0.05, 0.1) is 6.04 Å². The van der Waals surface area contributed by atoms with Crippen LogP contribution in [0.25, 0.3) is 0 Å². The zero-order valence-electron chi connectivity index (χ0n) is 12.4. The van der Waals surface area contributed by atoms with E-state index in [2.05, 4.69) is 41.4 Å². The number of halogens is 1. The highest BCUT2D eigenvalue weighted by molar-refractivity contribution is 5.85. The van der Waals surface area contributed by atoms with Crippen LogP contribution in [0.3, 0.4) is 0 Å². The molecule has 1 atom stereocenters. The van der Waals surface area contributed by atoms with Crippen LogP contribution >= 0.6 is 12.4 Å². The predicted octanol–water partition coefficient (Wildman–Crippen LogP) is 2.94. The van der Waals surface area contributed by atoms with Gasteiger partial charge in [-0.15, -0.1) is 12.4 Å². The molecule has 0 bridgehead atoms. The number of hydrogen-bond acceptors (Lipinski definition) is 2. The quantitative estimate of drug-likeness (QED) is 0.875. The number of rotatable bonds is 6. The molecular weight excluding hydrogens is 272 g/mol. The molecule has 20 heavy (non-hydrogen) atoms. The average molecular weight is 297 g/mol. The van der Waals surface area contributed by atoms with Crippen molar-refractivity contribution in [2.24, 2.45) is 0 Å². The molecule has 0 heterocycles. The molecule has 0 aliphatic heterocycles. The van der Waals surface area contributed by atoms with Crippen LogP contribution in [0.5, 0.6) is 0 Å².